The molecule has 1 aromatic heterocycles. The first-order valence-corrected chi connectivity index (χ1v) is 6.35. The van der Waals surface area contributed by atoms with Crippen molar-refractivity contribution in [2.45, 2.75) is 39.5 Å². The predicted molar refractivity (Wildman–Crippen MR) is 72.7 cm³/mol. The Morgan fingerprint density at radius 2 is 2.18 bits per heavy atom. The molecule has 1 aliphatic rings. The van der Waals surface area contributed by atoms with Gasteiger partial charge in [-0.3, -0.25) is 0 Å². The van der Waals surface area contributed by atoms with E-state index in [9.17, 15) is 0 Å². The maximum Gasteiger partial charge on any atom is 0.126 e. The molecule has 0 saturated carbocycles. The Labute approximate surface area is 104 Å². The highest BCUT2D eigenvalue weighted by atomic mass is 16.3. The fourth-order valence-electron chi connectivity index (χ4n) is 2.27. The average molecular weight is 228 g/mol. The Bertz CT molecular complexity index is 444. The third-order valence-corrected chi connectivity index (χ3v) is 3.19. The summed E-state index contributed by atoms with van der Waals surface area (Å²) in [5, 5.41) is 0. The highest BCUT2D eigenvalue weighted by Gasteiger charge is 2.14. The summed E-state index contributed by atoms with van der Waals surface area (Å²) >= 11 is 0. The highest BCUT2D eigenvalue weighted by molar-refractivity contribution is 5.52. The smallest absolute Gasteiger partial charge is 0.126 e. The summed E-state index contributed by atoms with van der Waals surface area (Å²) in [7, 11) is 0. The van der Waals surface area contributed by atoms with Crippen LogP contribution in [0.1, 0.15) is 45.3 Å². The predicted octanol–water partition coefficient (Wildman–Crippen LogP) is 5.13. The minimum Gasteiger partial charge on any atom is -0.465 e. The van der Waals surface area contributed by atoms with Crippen LogP contribution >= 0.6 is 0 Å². The molecule has 0 spiro atoms. The molecule has 0 atom stereocenters. The van der Waals surface area contributed by atoms with Crippen LogP contribution in [0.25, 0.3) is 6.08 Å². The normalized spacial score (nSPS) is 18.8. The molecule has 90 valence electrons. The standard InChI is InChI=1S/C16H20O/c1-3-4-5-7-15-11-14(10-13(15)2)12-16-8-6-9-17-16/h4-6,8-9,12H,3,7,10-11H2,1-2H3/b5-4-,14-12-. The summed E-state index contributed by atoms with van der Waals surface area (Å²) in [4.78, 5) is 0. The lowest BCUT2D eigenvalue weighted by atomic mass is 10.1. The molecule has 0 bridgehead atoms. The molecule has 1 aromatic rings. The van der Waals surface area contributed by atoms with Crippen LogP contribution in [-0.2, 0) is 0 Å². The molecular weight excluding hydrogens is 208 g/mol. The van der Waals surface area contributed by atoms with Gasteiger partial charge in [-0.15, -0.1) is 0 Å². The van der Waals surface area contributed by atoms with Crippen LogP contribution < -0.4 is 0 Å². The van der Waals surface area contributed by atoms with Gasteiger partial charge in [0, 0.05) is 0 Å². The third-order valence-electron chi connectivity index (χ3n) is 3.19. The lowest BCUT2D eigenvalue weighted by Gasteiger charge is -1.98. The summed E-state index contributed by atoms with van der Waals surface area (Å²) in [6, 6.07) is 3.95. The molecular formula is C16H20O. The van der Waals surface area contributed by atoms with Crippen molar-refractivity contribution in [1.82, 2.24) is 0 Å². The van der Waals surface area contributed by atoms with Crippen LogP contribution in [0.5, 0.6) is 0 Å². The van der Waals surface area contributed by atoms with E-state index in [4.69, 9.17) is 4.42 Å². The molecule has 0 radical (unpaired) electrons. The fourth-order valence-corrected chi connectivity index (χ4v) is 2.27. The molecule has 0 fully saturated rings. The molecule has 1 heteroatoms. The van der Waals surface area contributed by atoms with Gasteiger partial charge in [0.1, 0.15) is 5.76 Å². The van der Waals surface area contributed by atoms with Crippen molar-refractivity contribution < 1.29 is 4.42 Å². The van der Waals surface area contributed by atoms with Crippen molar-refractivity contribution in [3.63, 3.8) is 0 Å². The Balaban J connectivity index is 1.99. The van der Waals surface area contributed by atoms with E-state index in [0.29, 0.717) is 0 Å². The zero-order valence-electron chi connectivity index (χ0n) is 10.7. The zero-order valence-corrected chi connectivity index (χ0v) is 10.7. The first-order chi connectivity index (χ1) is 8.29. The van der Waals surface area contributed by atoms with Crippen LogP contribution in [0.4, 0.5) is 0 Å². The molecule has 1 heterocycles. The lowest BCUT2D eigenvalue weighted by molar-refractivity contribution is 0.556. The second kappa shape index (κ2) is 5.72. The highest BCUT2D eigenvalue weighted by Crippen LogP contribution is 2.34. The first-order valence-electron chi connectivity index (χ1n) is 6.35. The molecule has 0 N–H and O–H groups in total. The quantitative estimate of drug-likeness (QED) is 0.651. The molecule has 0 saturated heterocycles. The maximum atomic E-state index is 5.36. The number of hydrogen-bond donors (Lipinski definition) is 0. The summed E-state index contributed by atoms with van der Waals surface area (Å²) in [6.07, 6.45) is 12.9. The molecule has 17 heavy (non-hydrogen) atoms. The zero-order chi connectivity index (χ0) is 12.1. The monoisotopic (exact) mass is 228 g/mol. The van der Waals surface area contributed by atoms with E-state index in [1.165, 1.54) is 11.1 Å². The van der Waals surface area contributed by atoms with Gasteiger partial charge in [0.2, 0.25) is 0 Å². The van der Waals surface area contributed by atoms with Gasteiger partial charge < -0.3 is 4.42 Å². The Morgan fingerprint density at radius 3 is 2.88 bits per heavy atom. The number of rotatable bonds is 4. The topological polar surface area (TPSA) is 13.1 Å². The van der Waals surface area contributed by atoms with Crippen LogP contribution in [0.3, 0.4) is 0 Å². The Hall–Kier alpha value is -1.50. The minimum atomic E-state index is 0.971. The van der Waals surface area contributed by atoms with Gasteiger partial charge in [-0.25, -0.2) is 0 Å². The second-order valence-corrected chi connectivity index (χ2v) is 4.64. The summed E-state index contributed by atoms with van der Waals surface area (Å²) in [5.74, 6) is 0.971. The molecule has 1 aliphatic carbocycles. The van der Waals surface area contributed by atoms with Crippen LogP contribution in [0.2, 0.25) is 0 Å². The molecule has 0 aliphatic heterocycles. The molecule has 0 aromatic carbocycles. The summed E-state index contributed by atoms with van der Waals surface area (Å²) in [5.41, 5.74) is 4.58. The van der Waals surface area contributed by atoms with Crippen LogP contribution in [0.15, 0.2) is 51.7 Å². The Morgan fingerprint density at radius 1 is 1.29 bits per heavy atom. The van der Waals surface area contributed by atoms with Gasteiger partial charge >= 0.3 is 0 Å². The SMILES string of the molecule is CC/C=C\CC1=C(C)C/C(=C/c2ccco2)C1. The van der Waals surface area contributed by atoms with Crippen molar-refractivity contribution in [2.75, 3.05) is 0 Å². The van der Waals surface area contributed by atoms with E-state index >= 15 is 0 Å². The van der Waals surface area contributed by atoms with Crippen molar-refractivity contribution in [1.29, 1.82) is 0 Å². The maximum absolute atomic E-state index is 5.36. The van der Waals surface area contributed by atoms with Crippen molar-refractivity contribution in [2.24, 2.45) is 0 Å². The average Bonchev–Trinajstić information content (AvgIpc) is 2.91. The summed E-state index contributed by atoms with van der Waals surface area (Å²) in [6.45, 7) is 4.42. The van der Waals surface area contributed by atoms with Gasteiger partial charge in [-0.2, -0.15) is 0 Å². The van der Waals surface area contributed by atoms with Gasteiger partial charge in [0.15, 0.2) is 0 Å². The third kappa shape index (κ3) is 3.23. The fraction of sp³-hybridized carbons (Fsp3) is 0.375. The van der Waals surface area contributed by atoms with Crippen molar-refractivity contribution in [3.05, 3.63) is 53.0 Å². The van der Waals surface area contributed by atoms with Crippen LogP contribution in [-0.4, -0.2) is 0 Å². The van der Waals surface area contributed by atoms with E-state index in [2.05, 4.69) is 32.1 Å². The van der Waals surface area contributed by atoms with Crippen molar-refractivity contribution >= 4 is 6.08 Å². The van der Waals surface area contributed by atoms with E-state index < -0.39 is 0 Å². The molecule has 0 amide bonds. The molecule has 1 nitrogen and oxygen atoms in total. The number of allylic oxidation sites excluding steroid dienone is 5. The van der Waals surface area contributed by atoms with Crippen LogP contribution in [0, 0.1) is 0 Å². The van der Waals surface area contributed by atoms with Gasteiger partial charge in [0.05, 0.1) is 6.26 Å². The van der Waals surface area contributed by atoms with E-state index in [1.807, 2.05) is 12.1 Å². The minimum absolute atomic E-state index is 0.971. The number of hydrogen-bond acceptors (Lipinski definition) is 1. The molecule has 0 unspecified atom stereocenters. The van der Waals surface area contributed by atoms with Gasteiger partial charge in [0.25, 0.3) is 0 Å². The summed E-state index contributed by atoms with van der Waals surface area (Å²) < 4.78 is 5.36. The van der Waals surface area contributed by atoms with E-state index in [0.717, 1.165) is 31.4 Å². The van der Waals surface area contributed by atoms with E-state index in [-0.39, 0.29) is 0 Å². The first kappa shape index (κ1) is 12.0. The van der Waals surface area contributed by atoms with Crippen molar-refractivity contribution in [3.8, 4) is 0 Å². The number of furan rings is 1. The lowest BCUT2D eigenvalue weighted by Crippen LogP contribution is -1.78. The van der Waals surface area contributed by atoms with Gasteiger partial charge in [-0.05, 0) is 50.8 Å². The Kier molecular flexibility index (Phi) is 4.03. The second-order valence-electron chi connectivity index (χ2n) is 4.64. The molecule has 2 rings (SSSR count). The van der Waals surface area contributed by atoms with E-state index in [1.54, 1.807) is 11.8 Å². The largest absolute Gasteiger partial charge is 0.465 e. The van der Waals surface area contributed by atoms with Gasteiger partial charge in [-0.1, -0.05) is 35.8 Å².